The van der Waals surface area contributed by atoms with E-state index in [1.807, 2.05) is 75.4 Å². The van der Waals surface area contributed by atoms with Crippen LogP contribution >= 0.6 is 8.03 Å². The number of rotatable bonds is 11. The summed E-state index contributed by atoms with van der Waals surface area (Å²) < 4.78 is 18.5. The first-order chi connectivity index (χ1) is 19.2. The number of carbonyl (C=O) groups excluding carboxylic acids is 2. The van der Waals surface area contributed by atoms with E-state index in [2.05, 4.69) is 12.2 Å². The second-order valence-electron chi connectivity index (χ2n) is 10.4. The van der Waals surface area contributed by atoms with Crippen LogP contribution in [-0.2, 0) is 9.36 Å². The Morgan fingerprint density at radius 1 is 0.950 bits per heavy atom. The van der Waals surface area contributed by atoms with Crippen molar-refractivity contribution in [2.75, 3.05) is 0 Å². The molecule has 0 bridgehead atoms. The minimum atomic E-state index is -2.51. The zero-order valence-electron chi connectivity index (χ0n) is 23.5. The van der Waals surface area contributed by atoms with Gasteiger partial charge in [0, 0.05) is 11.1 Å². The van der Waals surface area contributed by atoms with E-state index in [4.69, 9.17) is 4.74 Å². The third-order valence-electron chi connectivity index (χ3n) is 7.97. The highest BCUT2D eigenvalue weighted by Crippen LogP contribution is 2.47. The lowest BCUT2D eigenvalue weighted by molar-refractivity contribution is -0.191. The smallest absolute Gasteiger partial charge is 0.469 e. The lowest BCUT2D eigenvalue weighted by Gasteiger charge is -2.53. The Balaban J connectivity index is 1.56. The molecular formula is C32H38N2O5P+. The van der Waals surface area contributed by atoms with Crippen LogP contribution < -0.4 is 10.1 Å². The first-order valence-corrected chi connectivity index (χ1v) is 15.2. The summed E-state index contributed by atoms with van der Waals surface area (Å²) in [7, 11) is -2.51. The van der Waals surface area contributed by atoms with E-state index in [0.717, 1.165) is 29.5 Å². The number of carbonyl (C=O) groups is 2. The molecule has 210 valence electrons. The molecule has 0 spiro atoms. The second-order valence-corrected chi connectivity index (χ2v) is 11.5. The predicted molar refractivity (Wildman–Crippen MR) is 156 cm³/mol. The minimum Gasteiger partial charge on any atom is -0.469 e. The topological polar surface area (TPSA) is 95.9 Å². The van der Waals surface area contributed by atoms with Gasteiger partial charge in [-0.25, -0.2) is 9.69 Å². The third-order valence-corrected chi connectivity index (χ3v) is 9.01. The molecule has 4 atom stereocenters. The summed E-state index contributed by atoms with van der Waals surface area (Å²) in [5.74, 6) is 0.242. The molecule has 4 rings (SSSR count). The van der Waals surface area contributed by atoms with Crippen molar-refractivity contribution < 1.29 is 23.8 Å². The fraction of sp³-hybridized carbons (Fsp3) is 0.375. The number of urea groups is 1. The molecule has 1 heterocycles. The number of hydrogen-bond donors (Lipinski definition) is 2. The molecule has 1 fully saturated rings. The molecular weight excluding hydrogens is 523 g/mol. The standard InChI is InChI=1S/C32H37N2O5P/c1-5-11-27(23-16-14-22(4)15-17-23)33-31(36)34-29(35)32(6-2,7-3)30(34)39-26-20-18-25(19-21-26)28(40(37)38)24-12-9-8-10-13-24/h8-10,12-21,27-28,30H,5-7,11H2,1-4H3,(H-,33,36,37,38)/p+1/t27-,28?,30+/m1/s1. The highest BCUT2D eigenvalue weighted by atomic mass is 31.1. The largest absolute Gasteiger partial charge is 0.518 e. The van der Waals surface area contributed by atoms with Gasteiger partial charge in [-0.15, -0.1) is 0 Å². The van der Waals surface area contributed by atoms with Crippen LogP contribution in [0.15, 0.2) is 78.9 Å². The number of aryl methyl sites for hydroxylation is 1. The van der Waals surface area contributed by atoms with Crippen LogP contribution in [-0.4, -0.2) is 28.0 Å². The van der Waals surface area contributed by atoms with Gasteiger partial charge >= 0.3 is 14.1 Å². The van der Waals surface area contributed by atoms with Crippen molar-refractivity contribution in [3.05, 3.63) is 101 Å². The van der Waals surface area contributed by atoms with Crippen molar-refractivity contribution >= 4 is 20.0 Å². The van der Waals surface area contributed by atoms with Gasteiger partial charge < -0.3 is 10.1 Å². The van der Waals surface area contributed by atoms with Crippen molar-refractivity contribution in [1.29, 1.82) is 0 Å². The number of β-lactam (4-membered cyclic amide) rings is 1. The molecule has 1 aliphatic rings. The van der Waals surface area contributed by atoms with Gasteiger partial charge in [0.1, 0.15) is 11.2 Å². The fourth-order valence-corrected chi connectivity index (χ4v) is 6.32. The molecule has 40 heavy (non-hydrogen) atoms. The highest BCUT2D eigenvalue weighted by Gasteiger charge is 2.63. The van der Waals surface area contributed by atoms with E-state index in [0.29, 0.717) is 24.2 Å². The summed E-state index contributed by atoms with van der Waals surface area (Å²) in [4.78, 5) is 38.2. The van der Waals surface area contributed by atoms with Gasteiger partial charge in [-0.2, -0.15) is 4.89 Å². The maximum atomic E-state index is 13.5. The number of amides is 3. The first-order valence-electron chi connectivity index (χ1n) is 13.9. The number of nitrogens with one attached hydrogen (secondary N) is 1. The van der Waals surface area contributed by atoms with Crippen molar-refractivity contribution in [3.63, 3.8) is 0 Å². The number of hydrogen-bond acceptors (Lipinski definition) is 4. The van der Waals surface area contributed by atoms with Crippen LogP contribution in [0.5, 0.6) is 5.75 Å². The average Bonchev–Trinajstić information content (AvgIpc) is 2.95. The summed E-state index contributed by atoms with van der Waals surface area (Å²) in [6.45, 7) is 7.95. The fourth-order valence-electron chi connectivity index (χ4n) is 5.47. The maximum absolute atomic E-state index is 13.5. The normalized spacial score (nSPS) is 17.9. The SMILES string of the molecule is CCC[C@@H](NC(=O)N1C(=O)C(CC)(CC)[C@@H]1Oc1ccc(C(c2ccccc2)[P+](=O)O)cc1)c1ccc(C)cc1. The molecule has 3 aromatic rings. The second kappa shape index (κ2) is 12.8. The summed E-state index contributed by atoms with van der Waals surface area (Å²) in [5, 5.41) is 3.07. The van der Waals surface area contributed by atoms with Crippen molar-refractivity contribution in [2.24, 2.45) is 5.41 Å². The number of imide groups is 1. The van der Waals surface area contributed by atoms with E-state index >= 15 is 0 Å². The highest BCUT2D eigenvalue weighted by molar-refractivity contribution is 7.38. The molecule has 0 radical (unpaired) electrons. The van der Waals surface area contributed by atoms with E-state index < -0.39 is 31.4 Å². The molecule has 0 aromatic heterocycles. The van der Waals surface area contributed by atoms with Crippen LogP contribution in [0.4, 0.5) is 4.79 Å². The predicted octanol–water partition coefficient (Wildman–Crippen LogP) is 7.42. The zero-order chi connectivity index (χ0) is 28.9. The lowest BCUT2D eigenvalue weighted by atomic mass is 9.72. The van der Waals surface area contributed by atoms with Crippen LogP contribution in [0.2, 0.25) is 0 Å². The Hall–Kier alpha value is -3.54. The Bertz CT molecular complexity index is 1320. The van der Waals surface area contributed by atoms with Gasteiger partial charge in [-0.05, 0) is 48.4 Å². The van der Waals surface area contributed by atoms with Gasteiger partial charge in [0.15, 0.2) is 6.23 Å². The van der Waals surface area contributed by atoms with Gasteiger partial charge in [0.05, 0.1) is 6.04 Å². The minimum absolute atomic E-state index is 0.223. The van der Waals surface area contributed by atoms with E-state index in [1.54, 1.807) is 24.3 Å². The molecule has 3 amide bonds. The molecule has 2 unspecified atom stereocenters. The van der Waals surface area contributed by atoms with Crippen LogP contribution in [0.25, 0.3) is 0 Å². The Kier molecular flexibility index (Phi) is 9.39. The van der Waals surface area contributed by atoms with Crippen molar-refractivity contribution in [1.82, 2.24) is 10.2 Å². The maximum Gasteiger partial charge on any atom is 0.518 e. The molecule has 7 nitrogen and oxygen atoms in total. The third kappa shape index (κ3) is 5.81. The Morgan fingerprint density at radius 3 is 2.08 bits per heavy atom. The summed E-state index contributed by atoms with van der Waals surface area (Å²) in [6.07, 6.45) is 1.92. The van der Waals surface area contributed by atoms with E-state index in [1.165, 1.54) is 4.90 Å². The summed E-state index contributed by atoms with van der Waals surface area (Å²) in [5.41, 5.74) is 2.09. The monoisotopic (exact) mass is 561 g/mol. The summed E-state index contributed by atoms with van der Waals surface area (Å²) >= 11 is 0. The molecule has 8 heteroatoms. The Labute approximate surface area is 237 Å². The molecule has 1 aliphatic heterocycles. The van der Waals surface area contributed by atoms with Crippen LogP contribution in [0.3, 0.4) is 0 Å². The number of ether oxygens (including phenoxy) is 1. The van der Waals surface area contributed by atoms with Gasteiger partial charge in [-0.3, -0.25) is 4.79 Å². The molecule has 2 N–H and O–H groups in total. The molecule has 1 saturated heterocycles. The number of nitrogens with zero attached hydrogens (tertiary/aromatic N) is 1. The van der Waals surface area contributed by atoms with E-state index in [9.17, 15) is 19.0 Å². The van der Waals surface area contributed by atoms with Gasteiger partial charge in [0.25, 0.3) is 0 Å². The summed E-state index contributed by atoms with van der Waals surface area (Å²) in [6, 6.07) is 23.5. The number of likely N-dealkylation sites (tertiary alicyclic amines) is 1. The van der Waals surface area contributed by atoms with Gasteiger partial charge in [-0.1, -0.05) is 99.5 Å². The van der Waals surface area contributed by atoms with Crippen molar-refractivity contribution in [2.45, 2.75) is 71.3 Å². The molecule has 0 saturated carbocycles. The van der Waals surface area contributed by atoms with E-state index in [-0.39, 0.29) is 11.9 Å². The number of benzene rings is 3. The lowest BCUT2D eigenvalue weighted by Crippen LogP contribution is -2.73. The Morgan fingerprint density at radius 2 is 1.52 bits per heavy atom. The van der Waals surface area contributed by atoms with Crippen molar-refractivity contribution in [3.8, 4) is 5.75 Å². The zero-order valence-corrected chi connectivity index (χ0v) is 24.4. The average molecular weight is 562 g/mol. The first kappa shape index (κ1) is 29.4. The molecule has 3 aromatic carbocycles. The quantitative estimate of drug-likeness (QED) is 0.188. The van der Waals surface area contributed by atoms with Crippen LogP contribution in [0, 0.1) is 12.3 Å². The molecule has 0 aliphatic carbocycles. The van der Waals surface area contributed by atoms with Gasteiger partial charge in [0.2, 0.25) is 11.6 Å². The van der Waals surface area contributed by atoms with Crippen LogP contribution in [0.1, 0.15) is 80.4 Å².